The number of rotatable bonds is 1. The van der Waals surface area contributed by atoms with Gasteiger partial charge in [-0.15, -0.1) is 11.3 Å². The lowest BCUT2D eigenvalue weighted by molar-refractivity contribution is 0.716. The van der Waals surface area contributed by atoms with Gasteiger partial charge in [0.05, 0.1) is 5.01 Å². The minimum Gasteiger partial charge on any atom is -0.239 e. The first-order valence-corrected chi connectivity index (χ1v) is 4.66. The monoisotopic (exact) mass is 152 g/mol. The van der Waals surface area contributed by atoms with Gasteiger partial charge in [-0.25, -0.2) is 4.98 Å². The summed E-state index contributed by atoms with van der Waals surface area (Å²) in [7, 11) is 0. The van der Waals surface area contributed by atoms with Gasteiger partial charge in [-0.3, -0.25) is 0 Å². The molecule has 1 aromatic heterocycles. The van der Waals surface area contributed by atoms with Crippen molar-refractivity contribution in [2.45, 2.75) is 31.6 Å². The van der Waals surface area contributed by atoms with Gasteiger partial charge in [-0.1, -0.05) is 12.8 Å². The largest absolute Gasteiger partial charge is 0.239 e. The molecule has 0 aromatic carbocycles. The van der Waals surface area contributed by atoms with Gasteiger partial charge < -0.3 is 0 Å². The first kappa shape index (κ1) is 6.35. The van der Waals surface area contributed by atoms with Crippen LogP contribution in [0.2, 0.25) is 0 Å². The van der Waals surface area contributed by atoms with Crippen LogP contribution in [0.15, 0.2) is 5.38 Å². The average molecular weight is 152 g/mol. The number of hydrogen-bond acceptors (Lipinski definition) is 2. The maximum absolute atomic E-state index is 4.19. The summed E-state index contributed by atoms with van der Waals surface area (Å²) < 4.78 is 0. The van der Waals surface area contributed by atoms with Gasteiger partial charge >= 0.3 is 0 Å². The molecule has 0 atom stereocenters. The van der Waals surface area contributed by atoms with Crippen LogP contribution >= 0.6 is 11.3 Å². The maximum Gasteiger partial charge on any atom is 0.101 e. The second-order valence-corrected chi connectivity index (χ2v) is 3.69. The standard InChI is InChI=1S/C8H10NS/c1-2-4-7(3-1)8-9-5-6-10-8/h6-7H,1-4H2. The van der Waals surface area contributed by atoms with E-state index in [0.717, 1.165) is 5.92 Å². The summed E-state index contributed by atoms with van der Waals surface area (Å²) in [4.78, 5) is 4.19. The summed E-state index contributed by atoms with van der Waals surface area (Å²) in [5.74, 6) is 0.774. The van der Waals surface area contributed by atoms with E-state index in [-0.39, 0.29) is 0 Å². The predicted octanol–water partition coefficient (Wildman–Crippen LogP) is 2.60. The Morgan fingerprint density at radius 1 is 1.50 bits per heavy atom. The van der Waals surface area contributed by atoms with Crippen LogP contribution in [-0.4, -0.2) is 4.98 Å². The summed E-state index contributed by atoms with van der Waals surface area (Å²) in [6.45, 7) is 0. The highest BCUT2D eigenvalue weighted by Gasteiger charge is 2.18. The Bertz CT molecular complexity index is 187. The molecular formula is C8H10NS. The molecule has 1 aromatic rings. The molecule has 2 rings (SSSR count). The van der Waals surface area contributed by atoms with Gasteiger partial charge in [-0.05, 0) is 12.8 Å². The lowest BCUT2D eigenvalue weighted by atomic mass is 10.1. The van der Waals surface area contributed by atoms with Crippen LogP contribution in [0, 0.1) is 6.20 Å². The van der Waals surface area contributed by atoms with E-state index in [2.05, 4.69) is 11.2 Å². The molecule has 0 N–H and O–H groups in total. The van der Waals surface area contributed by atoms with Gasteiger partial charge in [0.15, 0.2) is 0 Å². The Hall–Kier alpha value is -0.370. The molecule has 0 bridgehead atoms. The number of nitrogens with zero attached hydrogens (tertiary/aromatic N) is 1. The van der Waals surface area contributed by atoms with Gasteiger partial charge in [0.25, 0.3) is 0 Å². The van der Waals surface area contributed by atoms with E-state index in [9.17, 15) is 0 Å². The Kier molecular flexibility index (Phi) is 1.72. The van der Waals surface area contributed by atoms with Gasteiger partial charge in [0.1, 0.15) is 6.20 Å². The zero-order valence-electron chi connectivity index (χ0n) is 5.84. The quantitative estimate of drug-likeness (QED) is 0.602. The average Bonchev–Trinajstić information content (AvgIpc) is 2.59. The Labute approximate surface area is 65.1 Å². The number of hydrogen-bond donors (Lipinski definition) is 0. The lowest BCUT2D eigenvalue weighted by Crippen LogP contribution is -1.88. The topological polar surface area (TPSA) is 12.9 Å². The highest BCUT2D eigenvalue weighted by atomic mass is 32.1. The lowest BCUT2D eigenvalue weighted by Gasteiger charge is -2.01. The van der Waals surface area contributed by atoms with E-state index in [1.54, 1.807) is 11.3 Å². The molecule has 1 heterocycles. The summed E-state index contributed by atoms with van der Waals surface area (Å²) in [6.07, 6.45) is 8.36. The smallest absolute Gasteiger partial charge is 0.101 e. The molecule has 0 aliphatic heterocycles. The fourth-order valence-electron chi connectivity index (χ4n) is 1.56. The van der Waals surface area contributed by atoms with E-state index >= 15 is 0 Å². The van der Waals surface area contributed by atoms with Crippen molar-refractivity contribution < 1.29 is 0 Å². The van der Waals surface area contributed by atoms with Crippen molar-refractivity contribution in [3.63, 3.8) is 0 Å². The second kappa shape index (κ2) is 2.70. The molecule has 53 valence electrons. The molecule has 0 unspecified atom stereocenters. The first-order chi connectivity index (χ1) is 4.97. The van der Waals surface area contributed by atoms with E-state index in [4.69, 9.17) is 0 Å². The fraction of sp³-hybridized carbons (Fsp3) is 0.625. The molecule has 1 aliphatic carbocycles. The van der Waals surface area contributed by atoms with Gasteiger partial charge in [0, 0.05) is 11.3 Å². The van der Waals surface area contributed by atoms with Crippen molar-refractivity contribution in [3.05, 3.63) is 16.6 Å². The Morgan fingerprint density at radius 3 is 2.90 bits per heavy atom. The molecule has 1 nitrogen and oxygen atoms in total. The van der Waals surface area contributed by atoms with Crippen molar-refractivity contribution in [3.8, 4) is 0 Å². The summed E-state index contributed by atoms with van der Waals surface area (Å²) in [5, 5.41) is 3.26. The molecular weight excluding hydrogens is 142 g/mol. The molecule has 10 heavy (non-hydrogen) atoms. The van der Waals surface area contributed by atoms with Crippen LogP contribution in [-0.2, 0) is 0 Å². The number of thiazole rings is 1. The Morgan fingerprint density at radius 2 is 2.30 bits per heavy atom. The fourth-order valence-corrected chi connectivity index (χ4v) is 2.32. The minimum atomic E-state index is 0.774. The van der Waals surface area contributed by atoms with Crippen molar-refractivity contribution in [2.75, 3.05) is 0 Å². The highest BCUT2D eigenvalue weighted by molar-refractivity contribution is 7.09. The Balaban J connectivity index is 2.12. The van der Waals surface area contributed by atoms with Crippen LogP contribution in [0.1, 0.15) is 36.6 Å². The molecule has 1 fully saturated rings. The SMILES string of the molecule is [c]1csc(C2CCCC2)n1. The van der Waals surface area contributed by atoms with E-state index in [1.165, 1.54) is 30.7 Å². The van der Waals surface area contributed by atoms with Crippen LogP contribution in [0.3, 0.4) is 0 Å². The van der Waals surface area contributed by atoms with Crippen LogP contribution in [0.4, 0.5) is 0 Å². The van der Waals surface area contributed by atoms with E-state index < -0.39 is 0 Å². The third-order valence-electron chi connectivity index (χ3n) is 2.11. The number of aromatic nitrogens is 1. The zero-order chi connectivity index (χ0) is 6.81. The highest BCUT2D eigenvalue weighted by Crippen LogP contribution is 2.34. The maximum atomic E-state index is 4.19. The molecule has 1 radical (unpaired) electrons. The summed E-state index contributed by atoms with van der Waals surface area (Å²) in [5.41, 5.74) is 0. The normalized spacial score (nSPS) is 20.0. The third kappa shape index (κ3) is 1.08. The molecule has 1 aliphatic rings. The summed E-state index contributed by atoms with van der Waals surface area (Å²) in [6, 6.07) is 0. The molecule has 0 saturated heterocycles. The van der Waals surface area contributed by atoms with E-state index in [1.807, 2.05) is 5.38 Å². The molecule has 0 amide bonds. The first-order valence-electron chi connectivity index (χ1n) is 3.78. The van der Waals surface area contributed by atoms with Crippen molar-refractivity contribution >= 4 is 11.3 Å². The van der Waals surface area contributed by atoms with Crippen LogP contribution in [0.5, 0.6) is 0 Å². The summed E-state index contributed by atoms with van der Waals surface area (Å²) >= 11 is 1.75. The van der Waals surface area contributed by atoms with Crippen molar-refractivity contribution in [2.24, 2.45) is 0 Å². The van der Waals surface area contributed by atoms with Gasteiger partial charge in [0.2, 0.25) is 0 Å². The van der Waals surface area contributed by atoms with Crippen LogP contribution in [0.25, 0.3) is 0 Å². The molecule has 1 saturated carbocycles. The predicted molar refractivity (Wildman–Crippen MR) is 42.2 cm³/mol. The third-order valence-corrected chi connectivity index (χ3v) is 3.00. The van der Waals surface area contributed by atoms with Crippen LogP contribution < -0.4 is 0 Å². The van der Waals surface area contributed by atoms with E-state index in [0.29, 0.717) is 0 Å². The minimum absolute atomic E-state index is 0.774. The van der Waals surface area contributed by atoms with Crippen molar-refractivity contribution in [1.82, 2.24) is 4.98 Å². The molecule has 2 heteroatoms. The second-order valence-electron chi connectivity index (χ2n) is 2.80. The zero-order valence-corrected chi connectivity index (χ0v) is 6.66. The van der Waals surface area contributed by atoms with Crippen molar-refractivity contribution in [1.29, 1.82) is 0 Å². The molecule has 0 spiro atoms. The van der Waals surface area contributed by atoms with Gasteiger partial charge in [-0.2, -0.15) is 0 Å².